The second-order valence-corrected chi connectivity index (χ2v) is 6.53. The first-order chi connectivity index (χ1) is 11.0. The molecule has 1 saturated heterocycles. The highest BCUT2D eigenvalue weighted by Gasteiger charge is 2.41. The van der Waals surface area contributed by atoms with Crippen LogP contribution in [0, 0.1) is 6.92 Å². The molecule has 0 saturated carbocycles. The van der Waals surface area contributed by atoms with Crippen molar-refractivity contribution in [2.45, 2.75) is 45.1 Å². The highest BCUT2D eigenvalue weighted by atomic mass is 16.5. The van der Waals surface area contributed by atoms with Crippen molar-refractivity contribution in [1.82, 2.24) is 10.2 Å². The molecule has 1 aromatic heterocycles. The zero-order valence-corrected chi connectivity index (χ0v) is 14.0. The molecule has 1 fully saturated rings. The van der Waals surface area contributed by atoms with E-state index in [2.05, 4.69) is 5.32 Å². The van der Waals surface area contributed by atoms with Gasteiger partial charge in [0.1, 0.15) is 11.5 Å². The third kappa shape index (κ3) is 2.76. The average Bonchev–Trinajstić information content (AvgIpc) is 2.89. The van der Waals surface area contributed by atoms with Crippen LogP contribution in [-0.4, -0.2) is 49.1 Å². The molecule has 2 heterocycles. The van der Waals surface area contributed by atoms with Gasteiger partial charge in [0, 0.05) is 25.6 Å². The molecule has 0 radical (unpaired) electrons. The number of aryl methyl sites for hydroxylation is 2. The maximum Gasteiger partial charge on any atom is 0.257 e. The number of hydrogen-bond donors (Lipinski definition) is 1. The summed E-state index contributed by atoms with van der Waals surface area (Å²) in [5.74, 6) is 1.39. The molecule has 1 unspecified atom stereocenters. The number of rotatable bonds is 2. The van der Waals surface area contributed by atoms with Crippen molar-refractivity contribution in [2.24, 2.45) is 0 Å². The van der Waals surface area contributed by atoms with Crippen molar-refractivity contribution in [3.63, 3.8) is 0 Å². The van der Waals surface area contributed by atoms with E-state index < -0.39 is 5.60 Å². The van der Waals surface area contributed by atoms with Crippen LogP contribution in [0.25, 0.3) is 0 Å². The molecule has 6 heteroatoms. The molecule has 23 heavy (non-hydrogen) atoms. The smallest absolute Gasteiger partial charge is 0.257 e. The third-order valence-corrected chi connectivity index (χ3v) is 4.83. The fourth-order valence-electron chi connectivity index (χ4n) is 3.59. The van der Waals surface area contributed by atoms with E-state index in [1.165, 1.54) is 0 Å². The van der Waals surface area contributed by atoms with Crippen molar-refractivity contribution >= 4 is 11.8 Å². The number of nitrogens with one attached hydrogen (secondary N) is 1. The van der Waals surface area contributed by atoms with Crippen LogP contribution in [0.3, 0.4) is 0 Å². The summed E-state index contributed by atoms with van der Waals surface area (Å²) in [6.45, 7) is 4.68. The first-order valence-corrected chi connectivity index (χ1v) is 8.23. The molecule has 1 aliphatic heterocycles. The number of ether oxygens (including phenoxy) is 1. The zero-order valence-electron chi connectivity index (χ0n) is 14.0. The van der Waals surface area contributed by atoms with Crippen molar-refractivity contribution in [3.05, 3.63) is 22.6 Å². The number of morpholine rings is 1. The lowest BCUT2D eigenvalue weighted by molar-refractivity contribution is -0.153. The minimum absolute atomic E-state index is 0.0483. The van der Waals surface area contributed by atoms with Gasteiger partial charge in [-0.15, -0.1) is 0 Å². The Hall–Kier alpha value is -1.82. The predicted molar refractivity (Wildman–Crippen MR) is 84.4 cm³/mol. The number of carbonyl (C=O) groups is 2. The molecule has 1 aliphatic carbocycles. The van der Waals surface area contributed by atoms with Gasteiger partial charge in [-0.25, -0.2) is 0 Å². The van der Waals surface area contributed by atoms with E-state index in [1.807, 2.05) is 6.92 Å². The summed E-state index contributed by atoms with van der Waals surface area (Å²) in [5, 5.41) is 2.61. The predicted octanol–water partition coefficient (Wildman–Crippen LogP) is 1.44. The lowest BCUT2D eigenvalue weighted by atomic mass is 9.93. The number of carbonyl (C=O) groups excluding carboxylic acids is 2. The van der Waals surface area contributed by atoms with E-state index in [9.17, 15) is 9.59 Å². The summed E-state index contributed by atoms with van der Waals surface area (Å²) < 4.78 is 11.4. The topological polar surface area (TPSA) is 71.8 Å². The summed E-state index contributed by atoms with van der Waals surface area (Å²) in [6.07, 6.45) is 4.00. The van der Waals surface area contributed by atoms with E-state index in [0.29, 0.717) is 24.5 Å². The Bertz CT molecular complexity index is 637. The van der Waals surface area contributed by atoms with Crippen molar-refractivity contribution in [2.75, 3.05) is 26.7 Å². The maximum atomic E-state index is 13.0. The molecule has 6 nitrogen and oxygen atoms in total. The second kappa shape index (κ2) is 6.00. The number of likely N-dealkylation sites (N-methyl/N-ethyl adjacent to an activating group) is 1. The quantitative estimate of drug-likeness (QED) is 0.895. The van der Waals surface area contributed by atoms with Crippen LogP contribution in [0.2, 0.25) is 0 Å². The maximum absolute atomic E-state index is 13.0. The number of nitrogens with zero attached hydrogens (tertiary/aromatic N) is 1. The molecular weight excluding hydrogens is 296 g/mol. The van der Waals surface area contributed by atoms with Crippen molar-refractivity contribution < 1.29 is 18.7 Å². The first-order valence-electron chi connectivity index (χ1n) is 8.23. The van der Waals surface area contributed by atoms with E-state index in [1.54, 1.807) is 18.9 Å². The molecule has 1 atom stereocenters. The Balaban J connectivity index is 1.86. The van der Waals surface area contributed by atoms with Crippen LogP contribution in [0.1, 0.15) is 47.2 Å². The number of furan rings is 1. The third-order valence-electron chi connectivity index (χ3n) is 4.83. The van der Waals surface area contributed by atoms with Crippen LogP contribution >= 0.6 is 0 Å². The number of fused-ring (bicyclic) bond motifs is 1. The summed E-state index contributed by atoms with van der Waals surface area (Å²) in [5.41, 5.74) is 0.758. The van der Waals surface area contributed by atoms with Gasteiger partial charge in [0.25, 0.3) is 11.8 Å². The minimum atomic E-state index is -1.000. The van der Waals surface area contributed by atoms with Gasteiger partial charge in [0.05, 0.1) is 18.7 Å². The van der Waals surface area contributed by atoms with Gasteiger partial charge in [0.2, 0.25) is 0 Å². The molecule has 2 amide bonds. The fraction of sp³-hybridized carbons (Fsp3) is 0.647. The summed E-state index contributed by atoms with van der Waals surface area (Å²) in [6, 6.07) is 0. The van der Waals surface area contributed by atoms with Crippen LogP contribution in [0.5, 0.6) is 0 Å². The minimum Gasteiger partial charge on any atom is -0.465 e. The second-order valence-electron chi connectivity index (χ2n) is 6.53. The van der Waals surface area contributed by atoms with E-state index >= 15 is 0 Å². The van der Waals surface area contributed by atoms with Crippen LogP contribution in [0.15, 0.2) is 4.42 Å². The molecule has 0 spiro atoms. The van der Waals surface area contributed by atoms with Gasteiger partial charge < -0.3 is 19.4 Å². The molecule has 126 valence electrons. The van der Waals surface area contributed by atoms with Gasteiger partial charge in [-0.2, -0.15) is 0 Å². The summed E-state index contributed by atoms with van der Waals surface area (Å²) in [4.78, 5) is 26.8. The molecule has 3 rings (SSSR count). The van der Waals surface area contributed by atoms with Crippen LogP contribution < -0.4 is 5.32 Å². The van der Waals surface area contributed by atoms with Gasteiger partial charge >= 0.3 is 0 Å². The normalized spacial score (nSPS) is 24.2. The van der Waals surface area contributed by atoms with Gasteiger partial charge in [0.15, 0.2) is 5.60 Å². The van der Waals surface area contributed by atoms with E-state index in [4.69, 9.17) is 9.15 Å². The van der Waals surface area contributed by atoms with Crippen LogP contribution in [0.4, 0.5) is 0 Å². The van der Waals surface area contributed by atoms with E-state index in [-0.39, 0.29) is 18.4 Å². The average molecular weight is 320 g/mol. The number of hydrogen-bond acceptors (Lipinski definition) is 4. The Morgan fingerprint density at radius 3 is 2.74 bits per heavy atom. The zero-order chi connectivity index (χ0) is 16.6. The molecule has 1 aromatic rings. The van der Waals surface area contributed by atoms with Crippen molar-refractivity contribution in [3.8, 4) is 0 Å². The lowest BCUT2D eigenvalue weighted by Gasteiger charge is -2.39. The molecule has 0 bridgehead atoms. The summed E-state index contributed by atoms with van der Waals surface area (Å²) in [7, 11) is 1.58. The van der Waals surface area contributed by atoms with Gasteiger partial charge in [-0.05, 0) is 33.1 Å². The molecular formula is C17H24N2O4. The molecule has 1 N–H and O–H groups in total. The lowest BCUT2D eigenvalue weighted by Crippen LogP contribution is -2.58. The first kappa shape index (κ1) is 16.1. The van der Waals surface area contributed by atoms with Gasteiger partial charge in [-0.1, -0.05) is 0 Å². The Labute approximate surface area is 136 Å². The highest BCUT2D eigenvalue weighted by Crippen LogP contribution is 2.31. The van der Waals surface area contributed by atoms with E-state index in [0.717, 1.165) is 37.0 Å². The molecule has 2 aliphatic rings. The monoisotopic (exact) mass is 320 g/mol. The molecule has 0 aromatic carbocycles. The Morgan fingerprint density at radius 2 is 2.00 bits per heavy atom. The highest BCUT2D eigenvalue weighted by molar-refractivity contribution is 5.98. The standard InChI is InChI=1S/C17H24N2O4/c1-11-14(12-6-4-5-7-13(12)23-11)15(20)19-8-9-22-17(2,10-19)16(21)18-3/h4-10H2,1-3H3,(H,18,21). The fourth-order valence-corrected chi connectivity index (χ4v) is 3.59. The van der Waals surface area contributed by atoms with Crippen LogP contribution in [-0.2, 0) is 22.4 Å². The summed E-state index contributed by atoms with van der Waals surface area (Å²) >= 11 is 0. The van der Waals surface area contributed by atoms with Crippen molar-refractivity contribution in [1.29, 1.82) is 0 Å². The Morgan fingerprint density at radius 1 is 1.26 bits per heavy atom. The Kier molecular flexibility index (Phi) is 4.19. The number of amides is 2. The van der Waals surface area contributed by atoms with Gasteiger partial charge in [-0.3, -0.25) is 9.59 Å². The SMILES string of the molecule is CNC(=O)C1(C)CN(C(=O)c2c(C)oc3c2CCCC3)CCO1. The largest absolute Gasteiger partial charge is 0.465 e.